The topological polar surface area (TPSA) is 71.1 Å². The molecule has 254 valence electrons. The zero-order valence-electron chi connectivity index (χ0n) is 26.3. The van der Waals surface area contributed by atoms with Gasteiger partial charge < -0.3 is 18.9 Å². The molecule has 0 heterocycles. The summed E-state index contributed by atoms with van der Waals surface area (Å²) >= 11 is 0. The van der Waals surface area contributed by atoms with Crippen LogP contribution in [0.4, 0.5) is 26.3 Å². The number of hydrogen-bond acceptors (Lipinski definition) is 6. The third kappa shape index (κ3) is 6.81. The lowest BCUT2D eigenvalue weighted by Gasteiger charge is -2.33. The number of carbonyl (C=O) groups excluding carboxylic acids is 2. The van der Waals surface area contributed by atoms with Crippen molar-refractivity contribution in [2.24, 2.45) is 0 Å². The van der Waals surface area contributed by atoms with Crippen molar-refractivity contribution in [1.29, 1.82) is 0 Å². The van der Waals surface area contributed by atoms with Gasteiger partial charge in [-0.05, 0) is 36.1 Å². The Bertz CT molecular complexity index is 1550. The molecule has 0 aliphatic carbocycles. The summed E-state index contributed by atoms with van der Waals surface area (Å²) in [6.07, 6.45) is -12.4. The Hall–Kier alpha value is -4.68. The highest BCUT2D eigenvalue weighted by Gasteiger charge is 2.65. The minimum atomic E-state index is -5.11. The lowest BCUT2D eigenvalue weighted by atomic mass is 9.92. The van der Waals surface area contributed by atoms with Crippen LogP contribution in [-0.4, -0.2) is 38.5 Å². The standard InChI is InChI=1S/C36H32F6O6/c1-23(47-31(43)33(45-3,35(37,38)39)29-11-7-5-8-12-29)25-15-19-27(20-16-25)28-21-17-26(18-22-28)24(2)48-32(44)34(46-4,36(40,41)42)30-13-9-6-10-14-30/h5-24H,1-4H3/t23-,24+,33?,34?. The molecule has 4 aromatic rings. The fourth-order valence-electron chi connectivity index (χ4n) is 5.29. The first-order valence-corrected chi connectivity index (χ1v) is 14.6. The second-order valence-electron chi connectivity index (χ2n) is 10.8. The molecule has 0 radical (unpaired) electrons. The normalized spacial score (nSPS) is 15.8. The zero-order valence-corrected chi connectivity index (χ0v) is 26.3. The summed E-state index contributed by atoms with van der Waals surface area (Å²) in [5.74, 6) is -3.24. The quantitative estimate of drug-likeness (QED) is 0.117. The van der Waals surface area contributed by atoms with E-state index >= 15 is 0 Å². The first kappa shape index (κ1) is 36.2. The average molecular weight is 675 g/mol. The Balaban J connectivity index is 1.48. The molecule has 2 unspecified atom stereocenters. The van der Waals surface area contributed by atoms with E-state index in [9.17, 15) is 35.9 Å². The van der Waals surface area contributed by atoms with Gasteiger partial charge in [0, 0.05) is 25.3 Å². The fourth-order valence-corrected chi connectivity index (χ4v) is 5.29. The van der Waals surface area contributed by atoms with E-state index in [0.29, 0.717) is 22.3 Å². The number of ether oxygens (including phenoxy) is 4. The van der Waals surface area contributed by atoms with Gasteiger partial charge in [-0.3, -0.25) is 0 Å². The molecule has 0 N–H and O–H groups in total. The molecular weight excluding hydrogens is 642 g/mol. The van der Waals surface area contributed by atoms with Gasteiger partial charge in [0.1, 0.15) is 12.2 Å². The van der Waals surface area contributed by atoms with Crippen molar-refractivity contribution in [2.45, 2.75) is 49.6 Å². The molecule has 0 amide bonds. The van der Waals surface area contributed by atoms with Crippen LogP contribution in [0.3, 0.4) is 0 Å². The number of halogens is 6. The van der Waals surface area contributed by atoms with Crippen molar-refractivity contribution in [3.8, 4) is 11.1 Å². The van der Waals surface area contributed by atoms with Crippen LogP contribution in [0.15, 0.2) is 109 Å². The highest BCUT2D eigenvalue weighted by atomic mass is 19.4. The van der Waals surface area contributed by atoms with Crippen molar-refractivity contribution in [2.75, 3.05) is 14.2 Å². The van der Waals surface area contributed by atoms with Gasteiger partial charge in [0.25, 0.3) is 11.2 Å². The van der Waals surface area contributed by atoms with Crippen LogP contribution in [0.2, 0.25) is 0 Å². The van der Waals surface area contributed by atoms with E-state index in [0.717, 1.165) is 38.5 Å². The molecule has 0 fully saturated rings. The number of rotatable bonds is 11. The van der Waals surface area contributed by atoms with Gasteiger partial charge in [-0.2, -0.15) is 26.3 Å². The molecule has 0 aliphatic heterocycles. The van der Waals surface area contributed by atoms with E-state index in [2.05, 4.69) is 0 Å². The van der Waals surface area contributed by atoms with Gasteiger partial charge in [0.2, 0.25) is 0 Å². The van der Waals surface area contributed by atoms with Gasteiger partial charge in [-0.25, -0.2) is 9.59 Å². The molecule has 6 nitrogen and oxygen atoms in total. The average Bonchev–Trinajstić information content (AvgIpc) is 3.05. The minimum Gasteiger partial charge on any atom is -0.455 e. The van der Waals surface area contributed by atoms with Crippen molar-refractivity contribution in [1.82, 2.24) is 0 Å². The number of esters is 2. The Labute approximate surface area is 273 Å². The smallest absolute Gasteiger partial charge is 0.432 e. The van der Waals surface area contributed by atoms with E-state index in [1.54, 1.807) is 48.5 Å². The van der Waals surface area contributed by atoms with E-state index in [4.69, 9.17) is 18.9 Å². The summed E-state index contributed by atoms with van der Waals surface area (Å²) in [6.45, 7) is 2.86. The number of alkyl halides is 6. The van der Waals surface area contributed by atoms with Gasteiger partial charge in [-0.1, -0.05) is 109 Å². The summed E-state index contributed by atoms with van der Waals surface area (Å²) < 4.78 is 105. The van der Waals surface area contributed by atoms with Crippen LogP contribution < -0.4 is 0 Å². The van der Waals surface area contributed by atoms with E-state index in [1.807, 2.05) is 0 Å². The number of methoxy groups -OCH3 is 2. The first-order chi connectivity index (χ1) is 22.6. The van der Waals surface area contributed by atoms with E-state index in [-0.39, 0.29) is 0 Å². The third-order valence-corrected chi connectivity index (χ3v) is 8.01. The molecule has 48 heavy (non-hydrogen) atoms. The van der Waals surface area contributed by atoms with Crippen LogP contribution >= 0.6 is 0 Å². The second kappa shape index (κ2) is 14.2. The number of hydrogen-bond donors (Lipinski definition) is 0. The van der Waals surface area contributed by atoms with Crippen LogP contribution in [0.1, 0.15) is 48.3 Å². The van der Waals surface area contributed by atoms with E-state index in [1.165, 1.54) is 50.2 Å². The molecule has 0 saturated carbocycles. The van der Waals surface area contributed by atoms with Crippen LogP contribution in [0.5, 0.6) is 0 Å². The van der Waals surface area contributed by atoms with Gasteiger partial charge in [-0.15, -0.1) is 0 Å². The maximum absolute atomic E-state index is 14.2. The van der Waals surface area contributed by atoms with Gasteiger partial charge in [0.05, 0.1) is 0 Å². The lowest BCUT2D eigenvalue weighted by molar-refractivity contribution is -0.279. The highest BCUT2D eigenvalue weighted by Crippen LogP contribution is 2.45. The van der Waals surface area contributed by atoms with Crippen LogP contribution in [0.25, 0.3) is 11.1 Å². The number of carbonyl (C=O) groups is 2. The zero-order chi connectivity index (χ0) is 35.3. The molecule has 0 aliphatic rings. The molecule has 0 bridgehead atoms. The van der Waals surface area contributed by atoms with Crippen molar-refractivity contribution in [3.63, 3.8) is 0 Å². The number of benzene rings is 4. The van der Waals surface area contributed by atoms with Gasteiger partial charge >= 0.3 is 24.3 Å². The molecule has 4 aromatic carbocycles. The van der Waals surface area contributed by atoms with E-state index < -0.39 is 58.8 Å². The molecule has 0 spiro atoms. The maximum Gasteiger partial charge on any atom is 0.432 e. The highest BCUT2D eigenvalue weighted by molar-refractivity contribution is 5.83. The largest absolute Gasteiger partial charge is 0.455 e. The molecule has 4 atom stereocenters. The van der Waals surface area contributed by atoms with Crippen molar-refractivity contribution >= 4 is 11.9 Å². The molecule has 0 saturated heterocycles. The maximum atomic E-state index is 14.2. The molecule has 4 rings (SSSR count). The Morgan fingerprint density at radius 3 is 1.04 bits per heavy atom. The Morgan fingerprint density at radius 2 is 0.792 bits per heavy atom. The third-order valence-electron chi connectivity index (χ3n) is 8.01. The lowest BCUT2D eigenvalue weighted by Crippen LogP contribution is -2.51. The summed E-state index contributed by atoms with van der Waals surface area (Å²) in [6, 6.07) is 26.0. The summed E-state index contributed by atoms with van der Waals surface area (Å²) in [5.41, 5.74) is -5.31. The van der Waals surface area contributed by atoms with Crippen molar-refractivity contribution < 1.29 is 54.9 Å². The molecule has 0 aromatic heterocycles. The van der Waals surface area contributed by atoms with Crippen LogP contribution in [-0.2, 0) is 39.7 Å². The Kier molecular flexibility index (Phi) is 10.7. The minimum absolute atomic E-state index is 0.411. The Morgan fingerprint density at radius 1 is 0.500 bits per heavy atom. The van der Waals surface area contributed by atoms with Gasteiger partial charge in [0.15, 0.2) is 0 Å². The van der Waals surface area contributed by atoms with Crippen molar-refractivity contribution in [3.05, 3.63) is 131 Å². The monoisotopic (exact) mass is 674 g/mol. The fraction of sp³-hybridized carbons (Fsp3) is 0.278. The summed E-state index contributed by atoms with van der Waals surface area (Å²) in [5, 5.41) is 0. The molecule has 12 heteroatoms. The van der Waals surface area contributed by atoms with Crippen LogP contribution in [0, 0.1) is 0 Å². The first-order valence-electron chi connectivity index (χ1n) is 14.6. The predicted molar refractivity (Wildman–Crippen MR) is 163 cm³/mol. The second-order valence-corrected chi connectivity index (χ2v) is 10.8. The summed E-state index contributed by atoms with van der Waals surface area (Å²) in [4.78, 5) is 26.0. The predicted octanol–water partition coefficient (Wildman–Crippen LogP) is 8.77. The SMILES string of the molecule is COC(C(=O)O[C@@H](C)c1ccc(-c2ccc([C@@H](C)OC(=O)C(OC)(c3ccccc3)C(F)(F)F)cc2)cc1)(c1ccccc1)C(F)(F)F. The summed E-state index contributed by atoms with van der Waals surface area (Å²) in [7, 11) is 1.58. The molecular formula is C36H32F6O6.